The highest BCUT2D eigenvalue weighted by Crippen LogP contribution is 2.19. The van der Waals surface area contributed by atoms with Crippen molar-refractivity contribution in [3.05, 3.63) is 23.4 Å². The van der Waals surface area contributed by atoms with E-state index in [2.05, 4.69) is 48.2 Å². The van der Waals surface area contributed by atoms with E-state index < -0.39 is 0 Å². The molecule has 1 saturated heterocycles. The summed E-state index contributed by atoms with van der Waals surface area (Å²) in [5.41, 5.74) is 2.41. The van der Waals surface area contributed by atoms with Crippen LogP contribution in [0.2, 0.25) is 0 Å². The second-order valence-electron chi connectivity index (χ2n) is 6.12. The average Bonchev–Trinajstić information content (AvgIpc) is 2.48. The zero-order valence-electron chi connectivity index (χ0n) is 13.7. The summed E-state index contributed by atoms with van der Waals surface area (Å²) in [4.78, 5) is 6.96. The molecule has 0 spiro atoms. The van der Waals surface area contributed by atoms with Crippen molar-refractivity contribution in [2.45, 2.75) is 39.7 Å². The number of hydrogen-bond donors (Lipinski definition) is 1. The maximum absolute atomic E-state index is 5.57. The van der Waals surface area contributed by atoms with Gasteiger partial charge in [-0.05, 0) is 56.3 Å². The number of ether oxygens (including phenoxy) is 1. The molecular weight excluding hydrogens is 262 g/mol. The number of aromatic nitrogens is 1. The molecule has 0 aromatic carbocycles. The summed E-state index contributed by atoms with van der Waals surface area (Å²) in [6.07, 6.45) is 3.62. The Morgan fingerprint density at radius 1 is 1.43 bits per heavy atom. The summed E-state index contributed by atoms with van der Waals surface area (Å²) < 4.78 is 5.57. The first-order valence-corrected chi connectivity index (χ1v) is 8.16. The molecular formula is C17H29N3O. The van der Waals surface area contributed by atoms with Gasteiger partial charge >= 0.3 is 0 Å². The van der Waals surface area contributed by atoms with Gasteiger partial charge < -0.3 is 15.0 Å². The molecule has 0 saturated carbocycles. The van der Waals surface area contributed by atoms with E-state index in [9.17, 15) is 0 Å². The van der Waals surface area contributed by atoms with Crippen molar-refractivity contribution < 1.29 is 4.74 Å². The van der Waals surface area contributed by atoms with Gasteiger partial charge in [-0.2, -0.15) is 0 Å². The van der Waals surface area contributed by atoms with E-state index in [1.165, 1.54) is 24.8 Å². The van der Waals surface area contributed by atoms with E-state index in [0.717, 1.165) is 44.4 Å². The van der Waals surface area contributed by atoms with Gasteiger partial charge in [0.1, 0.15) is 5.82 Å². The first kappa shape index (κ1) is 16.2. The van der Waals surface area contributed by atoms with E-state index >= 15 is 0 Å². The van der Waals surface area contributed by atoms with Crippen LogP contribution < -0.4 is 10.2 Å². The Morgan fingerprint density at radius 3 is 3.00 bits per heavy atom. The van der Waals surface area contributed by atoms with Crippen LogP contribution >= 0.6 is 0 Å². The highest BCUT2D eigenvalue weighted by molar-refractivity contribution is 5.42. The molecule has 1 N–H and O–H groups in total. The molecule has 2 heterocycles. The second-order valence-corrected chi connectivity index (χ2v) is 6.12. The fourth-order valence-corrected chi connectivity index (χ4v) is 2.86. The monoisotopic (exact) mass is 291 g/mol. The third-order valence-corrected chi connectivity index (χ3v) is 3.93. The zero-order valence-corrected chi connectivity index (χ0v) is 13.7. The summed E-state index contributed by atoms with van der Waals surface area (Å²) in [7, 11) is 2.14. The predicted octanol–water partition coefficient (Wildman–Crippen LogP) is 2.75. The smallest absolute Gasteiger partial charge is 0.128 e. The lowest BCUT2D eigenvalue weighted by atomic mass is 10.0. The lowest BCUT2D eigenvalue weighted by Crippen LogP contribution is -2.31. The van der Waals surface area contributed by atoms with Crippen molar-refractivity contribution in [2.24, 2.45) is 5.92 Å². The van der Waals surface area contributed by atoms with Gasteiger partial charge in [0.2, 0.25) is 0 Å². The van der Waals surface area contributed by atoms with E-state index in [0.29, 0.717) is 5.92 Å². The number of rotatable bonds is 7. The van der Waals surface area contributed by atoms with Gasteiger partial charge in [-0.25, -0.2) is 4.98 Å². The van der Waals surface area contributed by atoms with Crippen molar-refractivity contribution in [3.63, 3.8) is 0 Å². The van der Waals surface area contributed by atoms with Crippen LogP contribution in [-0.2, 0) is 11.3 Å². The molecule has 0 aliphatic carbocycles. The van der Waals surface area contributed by atoms with Crippen LogP contribution in [-0.4, -0.2) is 38.3 Å². The van der Waals surface area contributed by atoms with Crippen molar-refractivity contribution in [3.8, 4) is 0 Å². The van der Waals surface area contributed by atoms with Crippen molar-refractivity contribution in [2.75, 3.05) is 38.3 Å². The molecule has 1 aromatic heterocycles. The summed E-state index contributed by atoms with van der Waals surface area (Å²) in [5, 5.41) is 3.46. The fourth-order valence-electron chi connectivity index (χ4n) is 2.86. The Kier molecular flexibility index (Phi) is 6.46. The van der Waals surface area contributed by atoms with Gasteiger partial charge in [-0.15, -0.1) is 0 Å². The standard InChI is InChI=1S/C17H29N3O/c1-4-7-18-11-16-9-14(2)19-17(10-16)20(3)12-15-6-5-8-21-13-15/h9-10,15,18H,4-8,11-13H2,1-3H3. The first-order valence-electron chi connectivity index (χ1n) is 8.16. The van der Waals surface area contributed by atoms with Crippen LogP contribution in [0.4, 0.5) is 5.82 Å². The van der Waals surface area contributed by atoms with Gasteiger partial charge in [-0.3, -0.25) is 0 Å². The molecule has 1 fully saturated rings. The minimum atomic E-state index is 0.632. The van der Waals surface area contributed by atoms with Gasteiger partial charge in [-0.1, -0.05) is 6.92 Å². The van der Waals surface area contributed by atoms with Gasteiger partial charge in [0.25, 0.3) is 0 Å². The van der Waals surface area contributed by atoms with Crippen molar-refractivity contribution >= 4 is 5.82 Å². The molecule has 4 heteroatoms. The topological polar surface area (TPSA) is 37.4 Å². The predicted molar refractivity (Wildman–Crippen MR) is 87.8 cm³/mol. The molecule has 118 valence electrons. The molecule has 1 atom stereocenters. The van der Waals surface area contributed by atoms with Crippen molar-refractivity contribution in [1.82, 2.24) is 10.3 Å². The maximum atomic E-state index is 5.57. The molecule has 2 rings (SSSR count). The highest BCUT2D eigenvalue weighted by atomic mass is 16.5. The summed E-state index contributed by atoms with van der Waals surface area (Å²) in [6.45, 7) is 9.09. The fraction of sp³-hybridized carbons (Fsp3) is 0.706. The summed E-state index contributed by atoms with van der Waals surface area (Å²) >= 11 is 0. The molecule has 0 amide bonds. The zero-order chi connectivity index (χ0) is 15.1. The van der Waals surface area contributed by atoms with Crippen LogP contribution in [0, 0.1) is 12.8 Å². The molecule has 0 radical (unpaired) electrons. The number of aryl methyl sites for hydroxylation is 1. The summed E-state index contributed by atoms with van der Waals surface area (Å²) in [6, 6.07) is 4.38. The second kappa shape index (κ2) is 8.35. The van der Waals surface area contributed by atoms with Crippen LogP contribution in [0.15, 0.2) is 12.1 Å². The van der Waals surface area contributed by atoms with Gasteiger partial charge in [0, 0.05) is 32.4 Å². The first-order chi connectivity index (χ1) is 10.2. The Labute approximate surface area is 128 Å². The largest absolute Gasteiger partial charge is 0.381 e. The normalized spacial score (nSPS) is 18.7. The third kappa shape index (κ3) is 5.29. The molecule has 0 bridgehead atoms. The van der Waals surface area contributed by atoms with E-state index in [1.807, 2.05) is 0 Å². The third-order valence-electron chi connectivity index (χ3n) is 3.93. The lowest BCUT2D eigenvalue weighted by molar-refractivity contribution is 0.0576. The molecule has 4 nitrogen and oxygen atoms in total. The Balaban J connectivity index is 1.96. The van der Waals surface area contributed by atoms with E-state index in [-0.39, 0.29) is 0 Å². The Hall–Kier alpha value is -1.13. The SMILES string of the molecule is CCCNCc1cc(C)nc(N(C)CC2CCCOC2)c1. The maximum Gasteiger partial charge on any atom is 0.128 e. The van der Waals surface area contributed by atoms with Crippen LogP contribution in [0.25, 0.3) is 0 Å². The average molecular weight is 291 g/mol. The highest BCUT2D eigenvalue weighted by Gasteiger charge is 2.17. The number of nitrogens with one attached hydrogen (secondary N) is 1. The molecule has 21 heavy (non-hydrogen) atoms. The van der Waals surface area contributed by atoms with Gasteiger partial charge in [0.15, 0.2) is 0 Å². The van der Waals surface area contributed by atoms with Crippen LogP contribution in [0.1, 0.15) is 37.4 Å². The van der Waals surface area contributed by atoms with E-state index in [1.54, 1.807) is 0 Å². The Bertz CT molecular complexity index is 430. The molecule has 1 aromatic rings. The number of hydrogen-bond acceptors (Lipinski definition) is 4. The molecule has 1 unspecified atom stereocenters. The molecule has 1 aliphatic heterocycles. The van der Waals surface area contributed by atoms with Crippen molar-refractivity contribution in [1.29, 1.82) is 0 Å². The van der Waals surface area contributed by atoms with E-state index in [4.69, 9.17) is 4.74 Å². The quantitative estimate of drug-likeness (QED) is 0.784. The minimum Gasteiger partial charge on any atom is -0.381 e. The minimum absolute atomic E-state index is 0.632. The number of anilines is 1. The van der Waals surface area contributed by atoms with Gasteiger partial charge in [0.05, 0.1) is 6.61 Å². The van der Waals surface area contributed by atoms with Crippen LogP contribution in [0.3, 0.4) is 0 Å². The Morgan fingerprint density at radius 2 is 2.29 bits per heavy atom. The number of nitrogens with zero attached hydrogens (tertiary/aromatic N) is 2. The lowest BCUT2D eigenvalue weighted by Gasteiger charge is -2.28. The molecule has 1 aliphatic rings. The number of pyridine rings is 1. The van der Waals surface area contributed by atoms with Crippen LogP contribution in [0.5, 0.6) is 0 Å². The summed E-state index contributed by atoms with van der Waals surface area (Å²) in [5.74, 6) is 1.71.